The first-order valence-corrected chi connectivity index (χ1v) is 10.2. The molecule has 1 aliphatic heterocycles. The predicted molar refractivity (Wildman–Crippen MR) is 114 cm³/mol. The molecule has 3 rings (SSSR count). The van der Waals surface area contributed by atoms with E-state index in [0.717, 1.165) is 18.7 Å². The van der Waals surface area contributed by atoms with Gasteiger partial charge < -0.3 is 20.1 Å². The van der Waals surface area contributed by atoms with Gasteiger partial charge in [0, 0.05) is 19.6 Å². The monoisotopic (exact) mass is 411 g/mol. The third-order valence-corrected chi connectivity index (χ3v) is 4.92. The lowest BCUT2D eigenvalue weighted by Crippen LogP contribution is -2.45. The fourth-order valence-electron chi connectivity index (χ4n) is 3.22. The normalized spacial score (nSPS) is 15.2. The molecule has 30 heavy (non-hydrogen) atoms. The highest BCUT2D eigenvalue weighted by Crippen LogP contribution is 2.16. The van der Waals surface area contributed by atoms with E-state index in [1.807, 2.05) is 49.4 Å². The van der Waals surface area contributed by atoms with E-state index in [4.69, 9.17) is 9.47 Å². The van der Waals surface area contributed by atoms with E-state index in [0.29, 0.717) is 25.5 Å². The van der Waals surface area contributed by atoms with Crippen LogP contribution in [0.25, 0.3) is 0 Å². The molecule has 2 amide bonds. The van der Waals surface area contributed by atoms with Crippen molar-refractivity contribution in [3.05, 3.63) is 65.7 Å². The Kier molecular flexibility index (Phi) is 8.23. The minimum atomic E-state index is -0.339. The molecule has 1 saturated heterocycles. The summed E-state index contributed by atoms with van der Waals surface area (Å²) in [5, 5.41) is 5.66. The Morgan fingerprint density at radius 1 is 1.03 bits per heavy atom. The van der Waals surface area contributed by atoms with Crippen LogP contribution < -0.4 is 15.4 Å². The standard InChI is InChI=1S/C23H29N3O4/c1-18-7-9-19(10-8-18)21(16-26-11-13-29-14-12-26)25-22(27)15-24-23(28)17-30-20-5-3-2-4-6-20/h2-10,21H,11-17H2,1H3,(H,24,28)(H,25,27)/t21-/m0/s1. The Balaban J connectivity index is 1.50. The fourth-order valence-corrected chi connectivity index (χ4v) is 3.22. The van der Waals surface area contributed by atoms with Crippen molar-refractivity contribution in [2.45, 2.75) is 13.0 Å². The van der Waals surface area contributed by atoms with Gasteiger partial charge in [0.25, 0.3) is 5.91 Å². The number of carbonyl (C=O) groups is 2. The average molecular weight is 412 g/mol. The molecule has 1 fully saturated rings. The van der Waals surface area contributed by atoms with Crippen molar-refractivity contribution in [2.75, 3.05) is 46.0 Å². The van der Waals surface area contributed by atoms with Crippen LogP contribution in [0.3, 0.4) is 0 Å². The molecular formula is C23H29N3O4. The molecular weight excluding hydrogens is 382 g/mol. The van der Waals surface area contributed by atoms with Crippen LogP contribution >= 0.6 is 0 Å². The number of aryl methyl sites for hydroxylation is 1. The van der Waals surface area contributed by atoms with Gasteiger partial charge in [-0.15, -0.1) is 0 Å². The van der Waals surface area contributed by atoms with Crippen LogP contribution in [0, 0.1) is 6.92 Å². The summed E-state index contributed by atoms with van der Waals surface area (Å²) in [5.74, 6) is 0.0398. The van der Waals surface area contributed by atoms with E-state index in [2.05, 4.69) is 15.5 Å². The second-order valence-electron chi connectivity index (χ2n) is 7.32. The minimum absolute atomic E-state index is 0.0948. The maximum Gasteiger partial charge on any atom is 0.258 e. The van der Waals surface area contributed by atoms with Crippen LogP contribution in [0.2, 0.25) is 0 Å². The Morgan fingerprint density at radius 3 is 2.43 bits per heavy atom. The highest BCUT2D eigenvalue weighted by molar-refractivity contribution is 5.85. The number of ether oxygens (including phenoxy) is 2. The van der Waals surface area contributed by atoms with Gasteiger partial charge in [-0.25, -0.2) is 0 Å². The zero-order valence-corrected chi connectivity index (χ0v) is 17.3. The topological polar surface area (TPSA) is 79.9 Å². The maximum atomic E-state index is 12.5. The van der Waals surface area contributed by atoms with E-state index >= 15 is 0 Å². The molecule has 0 aromatic heterocycles. The van der Waals surface area contributed by atoms with E-state index in [1.54, 1.807) is 12.1 Å². The summed E-state index contributed by atoms with van der Waals surface area (Å²) in [6, 6.07) is 17.1. The smallest absolute Gasteiger partial charge is 0.258 e. The fraction of sp³-hybridized carbons (Fsp3) is 0.391. The van der Waals surface area contributed by atoms with Gasteiger partial charge >= 0.3 is 0 Å². The largest absolute Gasteiger partial charge is 0.484 e. The summed E-state index contributed by atoms with van der Waals surface area (Å²) in [4.78, 5) is 26.8. The van der Waals surface area contributed by atoms with E-state index in [1.165, 1.54) is 5.56 Å². The molecule has 2 N–H and O–H groups in total. The molecule has 160 valence electrons. The Bertz CT molecular complexity index is 805. The van der Waals surface area contributed by atoms with Crippen molar-refractivity contribution in [3.63, 3.8) is 0 Å². The van der Waals surface area contributed by atoms with Gasteiger partial charge in [0.1, 0.15) is 5.75 Å². The van der Waals surface area contributed by atoms with Crippen LogP contribution in [0.5, 0.6) is 5.75 Å². The molecule has 7 heteroatoms. The first-order valence-electron chi connectivity index (χ1n) is 10.2. The van der Waals surface area contributed by atoms with Crippen LogP contribution in [0.4, 0.5) is 0 Å². The molecule has 2 aromatic rings. The molecule has 0 radical (unpaired) electrons. The summed E-state index contributed by atoms with van der Waals surface area (Å²) < 4.78 is 10.8. The van der Waals surface area contributed by atoms with Crippen LogP contribution in [0.15, 0.2) is 54.6 Å². The van der Waals surface area contributed by atoms with Crippen molar-refractivity contribution in [3.8, 4) is 5.75 Å². The summed E-state index contributed by atoms with van der Waals surface area (Å²) >= 11 is 0. The number of benzene rings is 2. The van der Waals surface area contributed by atoms with E-state index < -0.39 is 0 Å². The minimum Gasteiger partial charge on any atom is -0.484 e. The lowest BCUT2D eigenvalue weighted by Gasteiger charge is -2.31. The third-order valence-electron chi connectivity index (χ3n) is 4.92. The van der Waals surface area contributed by atoms with Gasteiger partial charge in [-0.05, 0) is 24.6 Å². The van der Waals surface area contributed by atoms with Crippen molar-refractivity contribution in [1.29, 1.82) is 0 Å². The maximum absolute atomic E-state index is 12.5. The Morgan fingerprint density at radius 2 is 1.73 bits per heavy atom. The summed E-state index contributed by atoms with van der Waals surface area (Å²) in [6.45, 7) is 5.58. The first-order chi connectivity index (χ1) is 14.6. The zero-order valence-electron chi connectivity index (χ0n) is 17.3. The third kappa shape index (κ3) is 7.17. The molecule has 1 atom stereocenters. The SMILES string of the molecule is Cc1ccc([C@H](CN2CCOCC2)NC(=O)CNC(=O)COc2ccccc2)cc1. The van der Waals surface area contributed by atoms with E-state index in [-0.39, 0.29) is 31.0 Å². The zero-order chi connectivity index (χ0) is 21.2. The van der Waals surface area contributed by atoms with Gasteiger partial charge in [0.15, 0.2) is 6.61 Å². The van der Waals surface area contributed by atoms with Gasteiger partial charge in [0.05, 0.1) is 25.8 Å². The molecule has 0 aliphatic carbocycles. The van der Waals surface area contributed by atoms with Crippen molar-refractivity contribution >= 4 is 11.8 Å². The van der Waals surface area contributed by atoms with E-state index in [9.17, 15) is 9.59 Å². The number of nitrogens with zero attached hydrogens (tertiary/aromatic N) is 1. The number of rotatable bonds is 9. The molecule has 1 aliphatic rings. The predicted octanol–water partition coefficient (Wildman–Crippen LogP) is 1.68. The second kappa shape index (κ2) is 11.3. The number of amides is 2. The summed E-state index contributed by atoms with van der Waals surface area (Å²) in [7, 11) is 0. The summed E-state index contributed by atoms with van der Waals surface area (Å²) in [5.41, 5.74) is 2.21. The van der Waals surface area contributed by atoms with Gasteiger partial charge in [-0.2, -0.15) is 0 Å². The molecule has 0 spiro atoms. The second-order valence-corrected chi connectivity index (χ2v) is 7.32. The van der Waals surface area contributed by atoms with Crippen LogP contribution in [-0.4, -0.2) is 62.7 Å². The number of morpholine rings is 1. The molecule has 7 nitrogen and oxygen atoms in total. The molecule has 0 unspecified atom stereocenters. The number of hydrogen-bond donors (Lipinski definition) is 2. The Labute approximate surface area is 177 Å². The lowest BCUT2D eigenvalue weighted by molar-refractivity contribution is -0.127. The molecule has 1 heterocycles. The Hall–Kier alpha value is -2.90. The number of carbonyl (C=O) groups excluding carboxylic acids is 2. The molecule has 2 aromatic carbocycles. The average Bonchev–Trinajstić information content (AvgIpc) is 2.78. The first kappa shape index (κ1) is 21.8. The molecule has 0 saturated carbocycles. The lowest BCUT2D eigenvalue weighted by atomic mass is 10.0. The number of nitrogens with one attached hydrogen (secondary N) is 2. The molecule has 0 bridgehead atoms. The van der Waals surface area contributed by atoms with Crippen molar-refractivity contribution in [2.24, 2.45) is 0 Å². The summed E-state index contributed by atoms with van der Waals surface area (Å²) in [6.07, 6.45) is 0. The van der Waals surface area contributed by atoms with Crippen molar-refractivity contribution < 1.29 is 19.1 Å². The van der Waals surface area contributed by atoms with Crippen LogP contribution in [-0.2, 0) is 14.3 Å². The van der Waals surface area contributed by atoms with Crippen molar-refractivity contribution in [1.82, 2.24) is 15.5 Å². The number of para-hydroxylation sites is 1. The highest BCUT2D eigenvalue weighted by atomic mass is 16.5. The van der Waals surface area contributed by atoms with Gasteiger partial charge in [0.2, 0.25) is 5.91 Å². The van der Waals surface area contributed by atoms with Gasteiger partial charge in [-0.1, -0.05) is 48.0 Å². The van der Waals surface area contributed by atoms with Crippen LogP contribution in [0.1, 0.15) is 17.2 Å². The number of hydrogen-bond acceptors (Lipinski definition) is 5. The van der Waals surface area contributed by atoms with Gasteiger partial charge in [-0.3, -0.25) is 14.5 Å². The quantitative estimate of drug-likeness (QED) is 0.656. The highest BCUT2D eigenvalue weighted by Gasteiger charge is 2.20.